The molecule has 0 aliphatic rings. The highest BCUT2D eigenvalue weighted by molar-refractivity contribution is 9.10. The average Bonchev–Trinajstić information content (AvgIpc) is 3.08. The summed E-state index contributed by atoms with van der Waals surface area (Å²) >= 11 is 3.36. The lowest BCUT2D eigenvalue weighted by molar-refractivity contribution is 0.369. The summed E-state index contributed by atoms with van der Waals surface area (Å²) in [5.41, 5.74) is 8.48. The Morgan fingerprint density at radius 3 is 3.00 bits per heavy atom. The molecule has 6 nitrogen and oxygen atoms in total. The van der Waals surface area contributed by atoms with Crippen LogP contribution in [0.3, 0.4) is 0 Å². The summed E-state index contributed by atoms with van der Waals surface area (Å²) in [5.74, 6) is 1.15. The third-order valence-electron chi connectivity index (χ3n) is 3.24. The molecule has 3 rings (SSSR count). The van der Waals surface area contributed by atoms with Crippen molar-refractivity contribution in [3.63, 3.8) is 0 Å². The molecule has 0 spiro atoms. The van der Waals surface area contributed by atoms with Crippen LogP contribution in [0.2, 0.25) is 0 Å². The Morgan fingerprint density at radius 2 is 2.24 bits per heavy atom. The summed E-state index contributed by atoms with van der Waals surface area (Å²) in [6, 6.07) is 5.68. The van der Waals surface area contributed by atoms with Gasteiger partial charge < -0.3 is 10.3 Å². The molecule has 108 valence electrons. The largest absolute Gasteiger partial charge is 0.398 e. The van der Waals surface area contributed by atoms with E-state index in [9.17, 15) is 0 Å². The van der Waals surface area contributed by atoms with Crippen molar-refractivity contribution in [1.82, 2.24) is 19.9 Å². The molecule has 0 saturated carbocycles. The van der Waals surface area contributed by atoms with Crippen LogP contribution in [0, 0.1) is 6.92 Å². The summed E-state index contributed by atoms with van der Waals surface area (Å²) in [6.07, 6.45) is 4.27. The van der Waals surface area contributed by atoms with Crippen LogP contribution < -0.4 is 5.73 Å². The molecule has 2 heterocycles. The van der Waals surface area contributed by atoms with Crippen LogP contribution in [0.25, 0.3) is 11.4 Å². The molecule has 0 atom stereocenters. The molecule has 0 aliphatic heterocycles. The third kappa shape index (κ3) is 2.97. The first-order valence-electron chi connectivity index (χ1n) is 6.49. The van der Waals surface area contributed by atoms with E-state index in [1.807, 2.05) is 36.0 Å². The van der Waals surface area contributed by atoms with Gasteiger partial charge in [-0.3, -0.25) is 4.68 Å². The van der Waals surface area contributed by atoms with E-state index in [4.69, 9.17) is 10.3 Å². The molecule has 0 aliphatic carbocycles. The highest BCUT2D eigenvalue weighted by Crippen LogP contribution is 2.24. The molecule has 7 heteroatoms. The van der Waals surface area contributed by atoms with Crippen molar-refractivity contribution in [3.8, 4) is 11.4 Å². The number of nitrogens with two attached hydrogens (primary N) is 1. The fraction of sp³-hybridized carbons (Fsp3) is 0.214. The molecular formula is C14H14BrN5O. The highest BCUT2D eigenvalue weighted by atomic mass is 79.9. The minimum atomic E-state index is 0.566. The van der Waals surface area contributed by atoms with Crippen molar-refractivity contribution >= 4 is 21.6 Å². The number of halogens is 1. The monoisotopic (exact) mass is 347 g/mol. The molecule has 0 bridgehead atoms. The molecule has 21 heavy (non-hydrogen) atoms. The van der Waals surface area contributed by atoms with Crippen LogP contribution in [0.5, 0.6) is 0 Å². The number of aryl methyl sites for hydroxylation is 2. The van der Waals surface area contributed by atoms with Gasteiger partial charge >= 0.3 is 0 Å². The second kappa shape index (κ2) is 5.69. The van der Waals surface area contributed by atoms with E-state index in [0.29, 0.717) is 24.7 Å². The van der Waals surface area contributed by atoms with Gasteiger partial charge in [-0.1, -0.05) is 17.3 Å². The maximum atomic E-state index is 5.90. The lowest BCUT2D eigenvalue weighted by Gasteiger charge is -2.03. The van der Waals surface area contributed by atoms with Crippen LogP contribution in [-0.4, -0.2) is 19.9 Å². The molecule has 0 saturated heterocycles. The Hall–Kier alpha value is -2.15. The molecule has 2 aromatic heterocycles. The molecule has 0 radical (unpaired) electrons. The van der Waals surface area contributed by atoms with Gasteiger partial charge in [0.05, 0.1) is 10.7 Å². The molecule has 3 aromatic rings. The minimum absolute atomic E-state index is 0.566. The van der Waals surface area contributed by atoms with Crippen LogP contribution in [0.1, 0.15) is 11.5 Å². The predicted molar refractivity (Wildman–Crippen MR) is 82.5 cm³/mol. The number of nitrogens with zero attached hydrogens (tertiary/aromatic N) is 4. The summed E-state index contributed by atoms with van der Waals surface area (Å²) in [7, 11) is 0. The molecule has 0 unspecified atom stereocenters. The van der Waals surface area contributed by atoms with Gasteiger partial charge in [-0.2, -0.15) is 10.1 Å². The summed E-state index contributed by atoms with van der Waals surface area (Å²) in [4.78, 5) is 4.42. The number of nitrogen functional groups attached to an aromatic ring is 1. The molecule has 0 fully saturated rings. The zero-order chi connectivity index (χ0) is 14.8. The SMILES string of the molecule is Cc1c(N)cccc1-c1noc(CCn2cc(Br)cn2)n1. The van der Waals surface area contributed by atoms with Crippen molar-refractivity contribution in [2.45, 2.75) is 19.9 Å². The lowest BCUT2D eigenvalue weighted by atomic mass is 10.1. The molecule has 0 amide bonds. The van der Waals surface area contributed by atoms with Gasteiger partial charge in [-0.25, -0.2) is 0 Å². The van der Waals surface area contributed by atoms with E-state index in [-0.39, 0.29) is 0 Å². The van der Waals surface area contributed by atoms with Crippen LogP contribution in [0.4, 0.5) is 5.69 Å². The predicted octanol–water partition coefficient (Wildman–Crippen LogP) is 2.83. The number of aromatic nitrogens is 4. The summed E-state index contributed by atoms with van der Waals surface area (Å²) in [6.45, 7) is 2.63. The van der Waals surface area contributed by atoms with Crippen LogP contribution in [0.15, 0.2) is 39.6 Å². The van der Waals surface area contributed by atoms with Crippen molar-refractivity contribution in [1.29, 1.82) is 0 Å². The zero-order valence-corrected chi connectivity index (χ0v) is 13.0. The maximum absolute atomic E-state index is 5.90. The Kier molecular flexibility index (Phi) is 3.74. The Labute approximate surface area is 130 Å². The lowest BCUT2D eigenvalue weighted by Crippen LogP contribution is -2.01. The number of hydrogen-bond donors (Lipinski definition) is 1. The first-order chi connectivity index (χ1) is 10.1. The fourth-order valence-electron chi connectivity index (χ4n) is 2.03. The standard InChI is InChI=1S/C14H14BrN5O/c1-9-11(3-2-4-12(9)16)14-18-13(21-19-14)5-6-20-8-10(15)7-17-20/h2-4,7-8H,5-6,16H2,1H3. The normalized spacial score (nSPS) is 11.0. The minimum Gasteiger partial charge on any atom is -0.398 e. The van der Waals surface area contributed by atoms with Crippen molar-refractivity contribution in [2.24, 2.45) is 0 Å². The van der Waals surface area contributed by atoms with E-state index >= 15 is 0 Å². The van der Waals surface area contributed by atoms with Crippen molar-refractivity contribution in [3.05, 3.63) is 46.5 Å². The van der Waals surface area contributed by atoms with E-state index in [2.05, 4.69) is 31.2 Å². The van der Waals surface area contributed by atoms with Gasteiger partial charge in [-0.05, 0) is 34.5 Å². The van der Waals surface area contributed by atoms with E-state index in [1.165, 1.54) is 0 Å². The van der Waals surface area contributed by atoms with Gasteiger partial charge in [-0.15, -0.1) is 0 Å². The van der Waals surface area contributed by atoms with Crippen molar-refractivity contribution in [2.75, 3.05) is 5.73 Å². The van der Waals surface area contributed by atoms with Crippen molar-refractivity contribution < 1.29 is 4.52 Å². The second-order valence-corrected chi connectivity index (χ2v) is 5.62. The Bertz CT molecular complexity index is 764. The Balaban J connectivity index is 1.75. The van der Waals surface area contributed by atoms with E-state index in [1.54, 1.807) is 6.20 Å². The summed E-state index contributed by atoms with van der Waals surface area (Å²) in [5, 5.41) is 8.21. The van der Waals surface area contributed by atoms with Gasteiger partial charge in [0.1, 0.15) is 0 Å². The topological polar surface area (TPSA) is 82.8 Å². The average molecular weight is 348 g/mol. The Morgan fingerprint density at radius 1 is 1.38 bits per heavy atom. The van der Waals surface area contributed by atoms with E-state index in [0.717, 1.165) is 21.3 Å². The molecular weight excluding hydrogens is 334 g/mol. The van der Waals surface area contributed by atoms with Crippen LogP contribution in [-0.2, 0) is 13.0 Å². The zero-order valence-electron chi connectivity index (χ0n) is 11.5. The summed E-state index contributed by atoms with van der Waals surface area (Å²) < 4.78 is 8.06. The highest BCUT2D eigenvalue weighted by Gasteiger charge is 2.12. The fourth-order valence-corrected chi connectivity index (χ4v) is 2.36. The van der Waals surface area contributed by atoms with Gasteiger partial charge in [0, 0.05) is 30.4 Å². The number of benzene rings is 1. The number of rotatable bonds is 4. The smallest absolute Gasteiger partial charge is 0.228 e. The van der Waals surface area contributed by atoms with E-state index < -0.39 is 0 Å². The first kappa shape index (κ1) is 13.8. The maximum Gasteiger partial charge on any atom is 0.228 e. The quantitative estimate of drug-likeness (QED) is 0.733. The molecule has 1 aromatic carbocycles. The number of anilines is 1. The van der Waals surface area contributed by atoms with Gasteiger partial charge in [0.25, 0.3) is 0 Å². The van der Waals surface area contributed by atoms with Gasteiger partial charge in [0.15, 0.2) is 0 Å². The van der Waals surface area contributed by atoms with Gasteiger partial charge in [0.2, 0.25) is 11.7 Å². The van der Waals surface area contributed by atoms with Crippen LogP contribution >= 0.6 is 15.9 Å². The molecule has 2 N–H and O–H groups in total. The number of hydrogen-bond acceptors (Lipinski definition) is 5. The second-order valence-electron chi connectivity index (χ2n) is 4.70. The third-order valence-corrected chi connectivity index (χ3v) is 3.65. The first-order valence-corrected chi connectivity index (χ1v) is 7.29.